The lowest BCUT2D eigenvalue weighted by atomic mass is 9.84. The maximum atomic E-state index is 5.99. The number of methoxy groups -OCH3 is 1. The van der Waals surface area contributed by atoms with Crippen molar-refractivity contribution in [3.63, 3.8) is 0 Å². The van der Waals surface area contributed by atoms with E-state index < -0.39 is 0 Å². The average molecular weight is 270 g/mol. The molecule has 0 spiro atoms. The standard InChI is InChI=1S/C13H20ClN3O/c1-3-9-5-4-6-10(7-9)17-13-11(18-2)12(14)15-8-16-13/h8-10H,3-7H2,1-2H3,(H,15,16,17). The molecule has 0 amide bonds. The smallest absolute Gasteiger partial charge is 0.198 e. The second-order valence-electron chi connectivity index (χ2n) is 4.83. The molecule has 4 nitrogen and oxygen atoms in total. The van der Waals surface area contributed by atoms with Gasteiger partial charge >= 0.3 is 0 Å². The topological polar surface area (TPSA) is 47.0 Å². The van der Waals surface area contributed by atoms with Gasteiger partial charge < -0.3 is 10.1 Å². The molecule has 0 bridgehead atoms. The number of aromatic nitrogens is 2. The third-order valence-corrected chi connectivity index (χ3v) is 3.93. The minimum Gasteiger partial charge on any atom is -0.490 e. The zero-order chi connectivity index (χ0) is 13.0. The van der Waals surface area contributed by atoms with E-state index >= 15 is 0 Å². The van der Waals surface area contributed by atoms with Crippen molar-refractivity contribution in [2.24, 2.45) is 5.92 Å². The highest BCUT2D eigenvalue weighted by Gasteiger charge is 2.22. The molecule has 1 aromatic rings. The van der Waals surface area contributed by atoms with Gasteiger partial charge in [0.15, 0.2) is 16.7 Å². The van der Waals surface area contributed by atoms with Crippen LogP contribution in [0.15, 0.2) is 6.33 Å². The Morgan fingerprint density at radius 1 is 1.44 bits per heavy atom. The second kappa shape index (κ2) is 6.23. The fraction of sp³-hybridized carbons (Fsp3) is 0.692. The van der Waals surface area contributed by atoms with Gasteiger partial charge in [0.25, 0.3) is 0 Å². The van der Waals surface area contributed by atoms with E-state index in [0.29, 0.717) is 22.8 Å². The van der Waals surface area contributed by atoms with E-state index in [9.17, 15) is 0 Å². The Morgan fingerprint density at radius 3 is 3.00 bits per heavy atom. The first-order valence-electron chi connectivity index (χ1n) is 6.55. The van der Waals surface area contributed by atoms with Gasteiger partial charge in [-0.2, -0.15) is 0 Å². The van der Waals surface area contributed by atoms with Crippen LogP contribution in [-0.2, 0) is 0 Å². The van der Waals surface area contributed by atoms with Crippen molar-refractivity contribution in [2.75, 3.05) is 12.4 Å². The van der Waals surface area contributed by atoms with Gasteiger partial charge in [0, 0.05) is 6.04 Å². The normalized spacial score (nSPS) is 23.7. The van der Waals surface area contributed by atoms with E-state index in [1.807, 2.05) is 0 Å². The van der Waals surface area contributed by atoms with Gasteiger partial charge in [-0.1, -0.05) is 37.8 Å². The Hall–Kier alpha value is -1.03. The van der Waals surface area contributed by atoms with Gasteiger partial charge in [-0.05, 0) is 18.8 Å². The number of rotatable bonds is 4. The average Bonchev–Trinajstić information content (AvgIpc) is 2.39. The first kappa shape index (κ1) is 13.4. The van der Waals surface area contributed by atoms with Gasteiger partial charge in [0.05, 0.1) is 7.11 Å². The van der Waals surface area contributed by atoms with Crippen LogP contribution in [0.1, 0.15) is 39.0 Å². The first-order valence-corrected chi connectivity index (χ1v) is 6.93. The zero-order valence-electron chi connectivity index (χ0n) is 10.9. The van der Waals surface area contributed by atoms with E-state index in [-0.39, 0.29) is 0 Å². The van der Waals surface area contributed by atoms with Gasteiger partial charge in [-0.25, -0.2) is 9.97 Å². The lowest BCUT2D eigenvalue weighted by molar-refractivity contribution is 0.326. The Morgan fingerprint density at radius 2 is 2.28 bits per heavy atom. The van der Waals surface area contributed by atoms with Crippen LogP contribution in [-0.4, -0.2) is 23.1 Å². The van der Waals surface area contributed by atoms with Crippen LogP contribution in [0.25, 0.3) is 0 Å². The summed E-state index contributed by atoms with van der Waals surface area (Å²) in [5.41, 5.74) is 0. The Kier molecular flexibility index (Phi) is 4.64. The summed E-state index contributed by atoms with van der Waals surface area (Å²) in [6.45, 7) is 2.26. The molecule has 0 saturated heterocycles. The highest BCUT2D eigenvalue weighted by molar-refractivity contribution is 6.31. The van der Waals surface area contributed by atoms with E-state index in [1.54, 1.807) is 7.11 Å². The Bertz CT molecular complexity index is 400. The summed E-state index contributed by atoms with van der Waals surface area (Å²) in [6, 6.07) is 0.462. The molecule has 0 aromatic carbocycles. The molecular formula is C13H20ClN3O. The van der Waals surface area contributed by atoms with Gasteiger partial charge in [0.1, 0.15) is 6.33 Å². The molecule has 18 heavy (non-hydrogen) atoms. The third kappa shape index (κ3) is 3.05. The molecule has 2 unspecified atom stereocenters. The van der Waals surface area contributed by atoms with E-state index in [4.69, 9.17) is 16.3 Å². The SMILES string of the molecule is CCC1CCCC(Nc2ncnc(Cl)c2OC)C1. The van der Waals surface area contributed by atoms with E-state index in [1.165, 1.54) is 38.4 Å². The van der Waals surface area contributed by atoms with Crippen molar-refractivity contribution in [2.45, 2.75) is 45.1 Å². The number of ether oxygens (including phenoxy) is 1. The predicted molar refractivity (Wildman–Crippen MR) is 73.3 cm³/mol. The molecule has 1 aliphatic carbocycles. The molecular weight excluding hydrogens is 250 g/mol. The van der Waals surface area contributed by atoms with Crippen LogP contribution in [0.2, 0.25) is 5.15 Å². The predicted octanol–water partition coefficient (Wildman–Crippen LogP) is 3.52. The number of nitrogens with one attached hydrogen (secondary N) is 1. The lowest BCUT2D eigenvalue weighted by Crippen LogP contribution is -2.27. The number of hydrogen-bond donors (Lipinski definition) is 1. The van der Waals surface area contributed by atoms with Crippen molar-refractivity contribution < 1.29 is 4.74 Å². The van der Waals surface area contributed by atoms with Crippen molar-refractivity contribution >= 4 is 17.4 Å². The fourth-order valence-corrected chi connectivity index (χ4v) is 2.83. The molecule has 1 aliphatic rings. The molecule has 1 heterocycles. The van der Waals surface area contributed by atoms with E-state index in [0.717, 1.165) is 5.92 Å². The molecule has 100 valence electrons. The van der Waals surface area contributed by atoms with Gasteiger partial charge in [-0.15, -0.1) is 0 Å². The third-order valence-electron chi connectivity index (χ3n) is 3.67. The van der Waals surface area contributed by atoms with Crippen LogP contribution in [0.3, 0.4) is 0 Å². The van der Waals surface area contributed by atoms with Crippen LogP contribution in [0, 0.1) is 5.92 Å². The van der Waals surface area contributed by atoms with Crippen LogP contribution in [0.5, 0.6) is 5.75 Å². The molecule has 0 aliphatic heterocycles. The van der Waals surface area contributed by atoms with Crippen LogP contribution in [0.4, 0.5) is 5.82 Å². The summed E-state index contributed by atoms with van der Waals surface area (Å²) in [7, 11) is 1.59. The van der Waals surface area contributed by atoms with Crippen molar-refractivity contribution in [3.8, 4) is 5.75 Å². The summed E-state index contributed by atoms with van der Waals surface area (Å²) in [6.07, 6.45) is 7.71. The van der Waals surface area contributed by atoms with Gasteiger partial charge in [0.2, 0.25) is 0 Å². The zero-order valence-corrected chi connectivity index (χ0v) is 11.7. The summed E-state index contributed by atoms with van der Waals surface area (Å²) < 4.78 is 5.25. The van der Waals surface area contributed by atoms with Crippen LogP contribution >= 0.6 is 11.6 Å². The highest BCUT2D eigenvalue weighted by Crippen LogP contribution is 2.33. The highest BCUT2D eigenvalue weighted by atomic mass is 35.5. The first-order chi connectivity index (χ1) is 8.74. The number of anilines is 1. The minimum absolute atomic E-state index is 0.359. The summed E-state index contributed by atoms with van der Waals surface area (Å²) in [5, 5.41) is 3.80. The number of hydrogen-bond acceptors (Lipinski definition) is 4. The summed E-state index contributed by atoms with van der Waals surface area (Å²) in [5.74, 6) is 2.07. The molecule has 0 radical (unpaired) electrons. The maximum absolute atomic E-state index is 5.99. The lowest BCUT2D eigenvalue weighted by Gasteiger charge is -2.29. The maximum Gasteiger partial charge on any atom is 0.198 e. The second-order valence-corrected chi connectivity index (χ2v) is 5.19. The molecule has 5 heteroatoms. The van der Waals surface area contributed by atoms with Gasteiger partial charge in [-0.3, -0.25) is 0 Å². The minimum atomic E-state index is 0.359. The number of nitrogens with zero attached hydrogens (tertiary/aromatic N) is 2. The Balaban J connectivity index is 2.07. The molecule has 1 N–H and O–H groups in total. The molecule has 2 atom stereocenters. The van der Waals surface area contributed by atoms with E-state index in [2.05, 4.69) is 22.2 Å². The molecule has 1 saturated carbocycles. The monoisotopic (exact) mass is 269 g/mol. The molecule has 1 fully saturated rings. The number of halogens is 1. The van der Waals surface area contributed by atoms with Crippen molar-refractivity contribution in [1.82, 2.24) is 9.97 Å². The quantitative estimate of drug-likeness (QED) is 0.850. The Labute approximate surface area is 113 Å². The van der Waals surface area contributed by atoms with Crippen molar-refractivity contribution in [3.05, 3.63) is 11.5 Å². The van der Waals surface area contributed by atoms with Crippen molar-refractivity contribution in [1.29, 1.82) is 0 Å². The van der Waals surface area contributed by atoms with Crippen LogP contribution < -0.4 is 10.1 Å². The summed E-state index contributed by atoms with van der Waals surface area (Å²) in [4.78, 5) is 8.15. The molecule has 1 aromatic heterocycles. The molecule has 2 rings (SSSR count). The largest absolute Gasteiger partial charge is 0.490 e. The summed E-state index contributed by atoms with van der Waals surface area (Å²) >= 11 is 5.99. The fourth-order valence-electron chi connectivity index (χ4n) is 2.62.